The number of hydrogen-bond donors (Lipinski definition) is 1. The summed E-state index contributed by atoms with van der Waals surface area (Å²) in [5.74, 6) is 0.0998. The Balaban J connectivity index is 1.37. The smallest absolute Gasteiger partial charge is 0.236 e. The summed E-state index contributed by atoms with van der Waals surface area (Å²) in [6.07, 6.45) is 1.64. The third-order valence-corrected chi connectivity index (χ3v) is 5.68. The molecule has 1 amide bonds. The predicted octanol–water partition coefficient (Wildman–Crippen LogP) is 4.43. The Morgan fingerprint density at radius 1 is 1.14 bits per heavy atom. The van der Waals surface area contributed by atoms with Crippen LogP contribution in [0.4, 0.5) is 5.13 Å². The standard InChI is InChI=1S/C20H17N5OS2/c1-14-7-9-15(10-8-14)17-11-27-19(22-17)23-18(26)12-28-20-24-21-13-25(20)16-5-3-2-4-6-16/h2-11,13H,12H2,1H3,(H,22,23,26). The van der Waals surface area contributed by atoms with Crippen molar-refractivity contribution < 1.29 is 4.79 Å². The van der Waals surface area contributed by atoms with Gasteiger partial charge in [0.2, 0.25) is 5.91 Å². The van der Waals surface area contributed by atoms with Crippen molar-refractivity contribution in [3.8, 4) is 16.9 Å². The van der Waals surface area contributed by atoms with Crippen molar-refractivity contribution >= 4 is 34.1 Å². The van der Waals surface area contributed by atoms with Crippen molar-refractivity contribution in [2.24, 2.45) is 0 Å². The molecule has 8 heteroatoms. The highest BCUT2D eigenvalue weighted by atomic mass is 32.2. The van der Waals surface area contributed by atoms with Gasteiger partial charge in [0.25, 0.3) is 0 Å². The van der Waals surface area contributed by atoms with Gasteiger partial charge in [0.05, 0.1) is 11.4 Å². The maximum atomic E-state index is 12.3. The molecule has 0 bridgehead atoms. The SMILES string of the molecule is Cc1ccc(-c2csc(NC(=O)CSc3nncn3-c3ccccc3)n2)cc1. The zero-order valence-electron chi connectivity index (χ0n) is 15.1. The third kappa shape index (κ3) is 4.29. The number of aromatic nitrogens is 4. The molecule has 0 aliphatic carbocycles. The van der Waals surface area contributed by atoms with E-state index in [0.29, 0.717) is 10.3 Å². The fourth-order valence-corrected chi connectivity index (χ4v) is 4.03. The first-order chi connectivity index (χ1) is 13.7. The van der Waals surface area contributed by atoms with Crippen LogP contribution >= 0.6 is 23.1 Å². The first-order valence-corrected chi connectivity index (χ1v) is 10.5. The molecular weight excluding hydrogens is 390 g/mol. The van der Waals surface area contributed by atoms with Gasteiger partial charge in [-0.2, -0.15) is 0 Å². The molecule has 0 radical (unpaired) electrons. The Hall–Kier alpha value is -2.97. The number of thiazole rings is 1. The number of nitrogens with zero attached hydrogens (tertiary/aromatic N) is 4. The number of benzene rings is 2. The molecule has 2 aromatic carbocycles. The fourth-order valence-electron chi connectivity index (χ4n) is 2.56. The molecule has 0 aliphatic heterocycles. The first kappa shape index (κ1) is 18.4. The number of hydrogen-bond acceptors (Lipinski definition) is 6. The van der Waals surface area contributed by atoms with Gasteiger partial charge in [0.1, 0.15) is 6.33 Å². The number of amides is 1. The zero-order valence-corrected chi connectivity index (χ0v) is 16.7. The number of aryl methyl sites for hydroxylation is 1. The second-order valence-electron chi connectivity index (χ2n) is 6.06. The number of carbonyl (C=O) groups is 1. The van der Waals surface area contributed by atoms with E-state index in [1.807, 2.05) is 71.5 Å². The molecule has 0 unspecified atom stereocenters. The highest BCUT2D eigenvalue weighted by Crippen LogP contribution is 2.25. The van der Waals surface area contributed by atoms with Crippen LogP contribution in [0.5, 0.6) is 0 Å². The number of para-hydroxylation sites is 1. The van der Waals surface area contributed by atoms with E-state index in [0.717, 1.165) is 16.9 Å². The van der Waals surface area contributed by atoms with Crippen LogP contribution in [-0.2, 0) is 4.79 Å². The van der Waals surface area contributed by atoms with Gasteiger partial charge in [-0.15, -0.1) is 21.5 Å². The Kier molecular flexibility index (Phi) is 5.50. The molecule has 140 valence electrons. The van der Waals surface area contributed by atoms with E-state index >= 15 is 0 Å². The van der Waals surface area contributed by atoms with Gasteiger partial charge in [0, 0.05) is 16.6 Å². The van der Waals surface area contributed by atoms with E-state index in [1.54, 1.807) is 6.33 Å². The maximum absolute atomic E-state index is 12.3. The van der Waals surface area contributed by atoms with E-state index in [4.69, 9.17) is 0 Å². The molecule has 2 aromatic heterocycles. The highest BCUT2D eigenvalue weighted by molar-refractivity contribution is 7.99. The molecule has 0 saturated heterocycles. The van der Waals surface area contributed by atoms with Crippen LogP contribution in [0.2, 0.25) is 0 Å². The average Bonchev–Trinajstić information content (AvgIpc) is 3.37. The molecular formula is C20H17N5OS2. The van der Waals surface area contributed by atoms with E-state index in [-0.39, 0.29) is 11.7 Å². The number of anilines is 1. The summed E-state index contributed by atoms with van der Waals surface area (Å²) >= 11 is 2.75. The number of carbonyl (C=O) groups excluding carboxylic acids is 1. The van der Waals surface area contributed by atoms with E-state index < -0.39 is 0 Å². The molecule has 0 aliphatic rings. The summed E-state index contributed by atoms with van der Waals surface area (Å²) < 4.78 is 1.86. The Bertz CT molecular complexity index is 1070. The lowest BCUT2D eigenvalue weighted by molar-refractivity contribution is -0.113. The van der Waals surface area contributed by atoms with Crippen LogP contribution in [0.25, 0.3) is 16.9 Å². The van der Waals surface area contributed by atoms with Crippen molar-refractivity contribution in [1.29, 1.82) is 0 Å². The normalized spacial score (nSPS) is 10.8. The first-order valence-electron chi connectivity index (χ1n) is 8.60. The molecule has 6 nitrogen and oxygen atoms in total. The van der Waals surface area contributed by atoms with E-state index in [9.17, 15) is 4.79 Å². The fraction of sp³-hybridized carbons (Fsp3) is 0.100. The molecule has 1 N–H and O–H groups in total. The minimum absolute atomic E-state index is 0.127. The van der Waals surface area contributed by atoms with Gasteiger partial charge >= 0.3 is 0 Å². The maximum Gasteiger partial charge on any atom is 0.236 e. The summed E-state index contributed by atoms with van der Waals surface area (Å²) in [6.45, 7) is 2.05. The van der Waals surface area contributed by atoms with Crippen LogP contribution < -0.4 is 5.32 Å². The molecule has 4 aromatic rings. The second-order valence-corrected chi connectivity index (χ2v) is 7.86. The zero-order chi connectivity index (χ0) is 19.3. The van der Waals surface area contributed by atoms with Crippen LogP contribution in [-0.4, -0.2) is 31.4 Å². The predicted molar refractivity (Wildman–Crippen MR) is 113 cm³/mol. The van der Waals surface area contributed by atoms with Gasteiger partial charge in [-0.25, -0.2) is 4.98 Å². The van der Waals surface area contributed by atoms with Crippen molar-refractivity contribution in [1.82, 2.24) is 19.7 Å². The summed E-state index contributed by atoms with van der Waals surface area (Å²) in [4.78, 5) is 16.8. The van der Waals surface area contributed by atoms with Crippen LogP contribution in [0, 0.1) is 6.92 Å². The Morgan fingerprint density at radius 3 is 2.71 bits per heavy atom. The van der Waals surface area contributed by atoms with Gasteiger partial charge < -0.3 is 5.32 Å². The lowest BCUT2D eigenvalue weighted by atomic mass is 10.1. The van der Waals surface area contributed by atoms with Crippen molar-refractivity contribution in [2.75, 3.05) is 11.1 Å². The third-order valence-electron chi connectivity index (χ3n) is 3.98. The van der Waals surface area contributed by atoms with E-state index in [1.165, 1.54) is 28.7 Å². The summed E-state index contributed by atoms with van der Waals surface area (Å²) in [6, 6.07) is 17.9. The van der Waals surface area contributed by atoms with Crippen molar-refractivity contribution in [2.45, 2.75) is 12.1 Å². The molecule has 0 fully saturated rings. The lowest BCUT2D eigenvalue weighted by Gasteiger charge is -2.05. The van der Waals surface area contributed by atoms with Gasteiger partial charge in [-0.3, -0.25) is 9.36 Å². The summed E-state index contributed by atoms with van der Waals surface area (Å²) in [7, 11) is 0. The van der Waals surface area contributed by atoms with E-state index in [2.05, 4.69) is 20.5 Å². The monoisotopic (exact) mass is 407 g/mol. The number of rotatable bonds is 6. The largest absolute Gasteiger partial charge is 0.301 e. The van der Waals surface area contributed by atoms with Crippen molar-refractivity contribution in [3.05, 3.63) is 71.9 Å². The quantitative estimate of drug-likeness (QED) is 0.479. The Morgan fingerprint density at radius 2 is 1.93 bits per heavy atom. The van der Waals surface area contributed by atoms with Crippen LogP contribution in [0.15, 0.2) is 71.5 Å². The number of nitrogens with one attached hydrogen (secondary N) is 1. The van der Waals surface area contributed by atoms with Crippen molar-refractivity contribution in [3.63, 3.8) is 0 Å². The average molecular weight is 408 g/mol. The molecule has 4 rings (SSSR count). The Labute approximate surface area is 170 Å². The molecule has 0 atom stereocenters. The lowest BCUT2D eigenvalue weighted by Crippen LogP contribution is -2.14. The number of thioether (sulfide) groups is 1. The summed E-state index contributed by atoms with van der Waals surface area (Å²) in [5, 5.41) is 14.1. The highest BCUT2D eigenvalue weighted by Gasteiger charge is 2.12. The second kappa shape index (κ2) is 8.37. The van der Waals surface area contributed by atoms with Gasteiger partial charge in [-0.1, -0.05) is 59.8 Å². The summed E-state index contributed by atoms with van der Waals surface area (Å²) in [5.41, 5.74) is 4.05. The molecule has 0 saturated carbocycles. The topological polar surface area (TPSA) is 72.7 Å². The minimum atomic E-state index is -0.127. The minimum Gasteiger partial charge on any atom is -0.301 e. The van der Waals surface area contributed by atoms with Crippen LogP contribution in [0.1, 0.15) is 5.56 Å². The molecule has 0 spiro atoms. The van der Waals surface area contributed by atoms with Crippen LogP contribution in [0.3, 0.4) is 0 Å². The van der Waals surface area contributed by atoms with Gasteiger partial charge in [0.15, 0.2) is 10.3 Å². The van der Waals surface area contributed by atoms with Gasteiger partial charge in [-0.05, 0) is 19.1 Å². The molecule has 28 heavy (non-hydrogen) atoms. The molecule has 2 heterocycles.